The van der Waals surface area contributed by atoms with Gasteiger partial charge in [0, 0.05) is 35.6 Å². The zero-order chi connectivity index (χ0) is 26.9. The number of hydrogen-bond acceptors (Lipinski definition) is 7. The molecule has 0 aliphatic heterocycles. The van der Waals surface area contributed by atoms with Crippen molar-refractivity contribution < 1.29 is 28.5 Å². The van der Waals surface area contributed by atoms with Gasteiger partial charge >= 0.3 is 5.97 Å². The first-order valence-electron chi connectivity index (χ1n) is 12.2. The molecule has 37 heavy (non-hydrogen) atoms. The van der Waals surface area contributed by atoms with Crippen molar-refractivity contribution in [1.29, 1.82) is 0 Å². The summed E-state index contributed by atoms with van der Waals surface area (Å²) in [6.07, 6.45) is 0.709. The molecule has 0 aromatic heterocycles. The molecule has 0 bridgehead atoms. The van der Waals surface area contributed by atoms with Gasteiger partial charge in [-0.25, -0.2) is 0 Å². The second kappa shape index (κ2) is 13.0. The second-order valence-electron chi connectivity index (χ2n) is 9.05. The lowest BCUT2D eigenvalue weighted by Crippen LogP contribution is -2.32. The maximum Gasteiger partial charge on any atom is 0.311 e. The third-order valence-corrected chi connectivity index (χ3v) is 7.35. The minimum atomic E-state index is -1.18. The number of methoxy groups -OCH3 is 3. The molecule has 3 aromatic carbocycles. The van der Waals surface area contributed by atoms with Gasteiger partial charge in [-0.3, -0.25) is 4.79 Å². The highest BCUT2D eigenvalue weighted by molar-refractivity contribution is 7.99. The van der Waals surface area contributed by atoms with Crippen LogP contribution in [0.4, 0.5) is 0 Å². The minimum absolute atomic E-state index is 0.166. The van der Waals surface area contributed by atoms with Gasteiger partial charge in [0.05, 0.1) is 18.1 Å². The fourth-order valence-electron chi connectivity index (χ4n) is 3.73. The predicted octanol–water partition coefficient (Wildman–Crippen LogP) is 6.70. The summed E-state index contributed by atoms with van der Waals surface area (Å²) in [4.78, 5) is 14.4. The molecule has 0 atom stereocenters. The normalized spacial score (nSPS) is 11.7. The number of ether oxygens (including phenoxy) is 5. The summed E-state index contributed by atoms with van der Waals surface area (Å²) in [6.45, 7) is 6.10. The molecule has 0 heterocycles. The van der Waals surface area contributed by atoms with Crippen LogP contribution in [-0.4, -0.2) is 40.5 Å². The summed E-state index contributed by atoms with van der Waals surface area (Å²) in [5, 5.41) is 0. The maximum absolute atomic E-state index is 12.1. The van der Waals surface area contributed by atoms with E-state index in [1.54, 1.807) is 39.2 Å². The molecule has 0 aliphatic rings. The standard InChI is InChI=1S/C30H36O6S/c1-7-29(2,3)28(31)36-20-19-35-23-15-18-26(27(21-23)32-4)30(33-5,34-6)22-13-16-25(17-14-22)37-24-11-9-8-10-12-24/h8-18,21H,7,19-20H2,1-6H3. The van der Waals surface area contributed by atoms with Crippen LogP contribution >= 0.6 is 11.8 Å². The van der Waals surface area contributed by atoms with Gasteiger partial charge in [0.25, 0.3) is 0 Å². The fraction of sp³-hybridized carbons (Fsp3) is 0.367. The monoisotopic (exact) mass is 524 g/mol. The van der Waals surface area contributed by atoms with Gasteiger partial charge in [-0.1, -0.05) is 49.0 Å². The Morgan fingerprint density at radius 1 is 0.838 bits per heavy atom. The van der Waals surface area contributed by atoms with Crippen LogP contribution in [0.3, 0.4) is 0 Å². The summed E-state index contributed by atoms with van der Waals surface area (Å²) in [5.41, 5.74) is 1.02. The Bertz CT molecular complexity index is 1140. The Morgan fingerprint density at radius 3 is 2.08 bits per heavy atom. The number of carbonyl (C=O) groups is 1. The molecule has 3 rings (SSSR count). The van der Waals surface area contributed by atoms with Crippen LogP contribution in [0.25, 0.3) is 0 Å². The number of esters is 1. The number of carbonyl (C=O) groups excluding carboxylic acids is 1. The second-order valence-corrected chi connectivity index (χ2v) is 10.2. The number of hydrogen-bond donors (Lipinski definition) is 0. The molecule has 0 fully saturated rings. The highest BCUT2D eigenvalue weighted by Crippen LogP contribution is 2.41. The van der Waals surface area contributed by atoms with Gasteiger partial charge in [0.2, 0.25) is 5.79 Å². The van der Waals surface area contributed by atoms with E-state index < -0.39 is 11.2 Å². The molecular weight excluding hydrogens is 488 g/mol. The first-order valence-corrected chi connectivity index (χ1v) is 13.0. The fourth-order valence-corrected chi connectivity index (χ4v) is 4.57. The van der Waals surface area contributed by atoms with E-state index in [2.05, 4.69) is 12.1 Å². The molecule has 0 saturated heterocycles. The lowest BCUT2D eigenvalue weighted by Gasteiger charge is -2.33. The topological polar surface area (TPSA) is 63.2 Å². The van der Waals surface area contributed by atoms with Crippen LogP contribution in [0.15, 0.2) is 82.6 Å². The summed E-state index contributed by atoms with van der Waals surface area (Å²) in [7, 11) is 4.80. The van der Waals surface area contributed by atoms with Crippen molar-refractivity contribution in [3.05, 3.63) is 83.9 Å². The zero-order valence-electron chi connectivity index (χ0n) is 22.4. The van der Waals surface area contributed by atoms with Crippen LogP contribution in [0.1, 0.15) is 38.3 Å². The van der Waals surface area contributed by atoms with E-state index in [0.29, 0.717) is 23.5 Å². The average Bonchev–Trinajstić information content (AvgIpc) is 2.93. The van der Waals surface area contributed by atoms with Gasteiger partial charge in [-0.2, -0.15) is 0 Å². The van der Waals surface area contributed by atoms with E-state index in [1.165, 1.54) is 4.90 Å². The quantitative estimate of drug-likeness (QED) is 0.140. The van der Waals surface area contributed by atoms with Gasteiger partial charge in [0.1, 0.15) is 24.7 Å². The van der Waals surface area contributed by atoms with Gasteiger partial charge in [-0.05, 0) is 56.7 Å². The Kier molecular flexibility index (Phi) is 10.0. The molecule has 0 spiro atoms. The molecule has 198 valence electrons. The predicted molar refractivity (Wildman–Crippen MR) is 145 cm³/mol. The van der Waals surface area contributed by atoms with E-state index >= 15 is 0 Å². The maximum atomic E-state index is 12.1. The average molecular weight is 525 g/mol. The molecule has 6 nitrogen and oxygen atoms in total. The molecule has 0 saturated carbocycles. The Balaban J connectivity index is 1.76. The molecule has 0 unspecified atom stereocenters. The lowest BCUT2D eigenvalue weighted by atomic mass is 9.91. The van der Waals surface area contributed by atoms with Crippen LogP contribution in [0.2, 0.25) is 0 Å². The Labute approximate surface area is 224 Å². The van der Waals surface area contributed by atoms with Crippen molar-refractivity contribution in [2.24, 2.45) is 5.41 Å². The number of rotatable bonds is 13. The molecule has 7 heteroatoms. The zero-order valence-corrected chi connectivity index (χ0v) is 23.2. The van der Waals surface area contributed by atoms with Crippen LogP contribution < -0.4 is 9.47 Å². The summed E-state index contributed by atoms with van der Waals surface area (Å²) >= 11 is 1.69. The van der Waals surface area contributed by atoms with E-state index in [-0.39, 0.29) is 19.2 Å². The molecular formula is C30H36O6S. The number of benzene rings is 3. The van der Waals surface area contributed by atoms with E-state index in [4.69, 9.17) is 23.7 Å². The lowest BCUT2D eigenvalue weighted by molar-refractivity contribution is -0.184. The van der Waals surface area contributed by atoms with Gasteiger partial charge in [0.15, 0.2) is 0 Å². The molecule has 0 N–H and O–H groups in total. The highest BCUT2D eigenvalue weighted by atomic mass is 32.2. The largest absolute Gasteiger partial charge is 0.496 e. The SMILES string of the molecule is CCC(C)(C)C(=O)OCCOc1ccc(C(OC)(OC)c2ccc(Sc3ccccc3)cc2)c(OC)c1. The van der Waals surface area contributed by atoms with Crippen molar-refractivity contribution in [3.63, 3.8) is 0 Å². The van der Waals surface area contributed by atoms with Crippen molar-refractivity contribution in [3.8, 4) is 11.5 Å². The molecule has 0 amide bonds. The van der Waals surface area contributed by atoms with E-state index in [0.717, 1.165) is 10.5 Å². The van der Waals surface area contributed by atoms with E-state index in [9.17, 15) is 4.79 Å². The third-order valence-electron chi connectivity index (χ3n) is 6.34. The van der Waals surface area contributed by atoms with Crippen molar-refractivity contribution in [2.75, 3.05) is 34.5 Å². The summed E-state index contributed by atoms with van der Waals surface area (Å²) < 4.78 is 28.8. The first kappa shape index (κ1) is 28.6. The van der Waals surface area contributed by atoms with Crippen molar-refractivity contribution >= 4 is 17.7 Å². The van der Waals surface area contributed by atoms with Gasteiger partial charge in [-0.15, -0.1) is 0 Å². The van der Waals surface area contributed by atoms with Crippen molar-refractivity contribution in [1.82, 2.24) is 0 Å². The van der Waals surface area contributed by atoms with Crippen LogP contribution in [0.5, 0.6) is 11.5 Å². The van der Waals surface area contributed by atoms with Crippen molar-refractivity contribution in [2.45, 2.75) is 42.8 Å². The highest BCUT2D eigenvalue weighted by Gasteiger charge is 2.37. The molecule has 0 aliphatic carbocycles. The minimum Gasteiger partial charge on any atom is -0.496 e. The van der Waals surface area contributed by atoms with Crippen LogP contribution in [0, 0.1) is 5.41 Å². The van der Waals surface area contributed by atoms with Crippen LogP contribution in [-0.2, 0) is 24.8 Å². The van der Waals surface area contributed by atoms with E-state index in [1.807, 2.05) is 75.4 Å². The van der Waals surface area contributed by atoms with Gasteiger partial charge < -0.3 is 23.7 Å². The Hall–Kier alpha value is -3.00. The third kappa shape index (κ3) is 6.86. The summed E-state index contributed by atoms with van der Waals surface area (Å²) in [6, 6.07) is 23.8. The first-order chi connectivity index (χ1) is 17.8. The Morgan fingerprint density at radius 2 is 1.49 bits per heavy atom. The molecule has 3 aromatic rings. The summed E-state index contributed by atoms with van der Waals surface area (Å²) in [5.74, 6) is -0.277. The molecule has 0 radical (unpaired) electrons. The smallest absolute Gasteiger partial charge is 0.311 e.